The Kier molecular flexibility index (Phi) is 5.86. The van der Waals surface area contributed by atoms with Crippen LogP contribution in [0.2, 0.25) is 0 Å². The van der Waals surface area contributed by atoms with E-state index in [0.717, 1.165) is 0 Å². The van der Waals surface area contributed by atoms with Gasteiger partial charge in [-0.15, -0.1) is 0 Å². The van der Waals surface area contributed by atoms with Crippen LogP contribution in [0.25, 0.3) is 0 Å². The van der Waals surface area contributed by atoms with Gasteiger partial charge in [-0.05, 0) is 17.7 Å². The minimum atomic E-state index is -4.61. The van der Waals surface area contributed by atoms with E-state index in [-0.39, 0.29) is 18.7 Å². The average Bonchev–Trinajstić information content (AvgIpc) is 2.38. The Bertz CT molecular complexity index is 556. The molecule has 0 aliphatic heterocycles. The lowest BCUT2D eigenvalue weighted by Gasteiger charge is -2.15. The van der Waals surface area contributed by atoms with E-state index in [0.29, 0.717) is 5.56 Å². The zero-order valence-corrected chi connectivity index (χ0v) is 11.8. The molecule has 0 aliphatic rings. The summed E-state index contributed by atoms with van der Waals surface area (Å²) in [5, 5.41) is 2.37. The third-order valence-corrected chi connectivity index (χ3v) is 2.90. The molecule has 0 heterocycles. The van der Waals surface area contributed by atoms with Gasteiger partial charge in [-0.25, -0.2) is 4.57 Å². The van der Waals surface area contributed by atoms with E-state index in [1.165, 1.54) is 24.3 Å². The summed E-state index contributed by atoms with van der Waals surface area (Å²) in [7, 11) is -4.61. The minimum absolute atomic E-state index is 0.0197. The number of phosphoric ester groups is 1. The van der Waals surface area contributed by atoms with Gasteiger partial charge in [0.05, 0.1) is 6.54 Å². The minimum Gasteiger partial charge on any atom is -0.404 e. The second kappa shape index (κ2) is 7.19. The van der Waals surface area contributed by atoms with Crippen molar-refractivity contribution in [2.75, 3.05) is 6.54 Å². The molecule has 0 saturated carbocycles. The van der Waals surface area contributed by atoms with Crippen molar-refractivity contribution in [2.45, 2.75) is 12.5 Å². The monoisotopic (exact) mass is 317 g/mol. The highest BCUT2D eigenvalue weighted by Crippen LogP contribution is 2.37. The third kappa shape index (κ3) is 6.37. The molecule has 1 aromatic carbocycles. The Morgan fingerprint density at radius 2 is 1.86 bits per heavy atom. The fourth-order valence-electron chi connectivity index (χ4n) is 1.54. The number of hydrogen-bond donors (Lipinski definition) is 5. The Labute approximate surface area is 120 Å². The van der Waals surface area contributed by atoms with Crippen LogP contribution in [-0.2, 0) is 20.6 Å². The maximum Gasteiger partial charge on any atom is 0.524 e. The van der Waals surface area contributed by atoms with Crippen LogP contribution in [0.4, 0.5) is 0 Å². The molecule has 1 rings (SSSR count). The van der Waals surface area contributed by atoms with Crippen molar-refractivity contribution in [1.82, 2.24) is 5.32 Å². The van der Waals surface area contributed by atoms with E-state index in [1.807, 2.05) is 0 Å². The zero-order chi connectivity index (χ0) is 16.0. The summed E-state index contributed by atoms with van der Waals surface area (Å²) in [6.45, 7) is -0.265. The number of nitrogens with one attached hydrogen (secondary N) is 1. The van der Waals surface area contributed by atoms with Crippen LogP contribution in [0.1, 0.15) is 5.56 Å². The van der Waals surface area contributed by atoms with Gasteiger partial charge in [0.1, 0.15) is 11.8 Å². The van der Waals surface area contributed by atoms with Crippen molar-refractivity contribution >= 4 is 19.6 Å². The van der Waals surface area contributed by atoms with Crippen molar-refractivity contribution in [2.24, 2.45) is 11.5 Å². The SMILES string of the molecule is NCC(=O)NC(Cc1ccc(OP(=O)(O)O)cc1)C(N)=O. The van der Waals surface area contributed by atoms with Crippen LogP contribution in [-0.4, -0.2) is 34.2 Å². The summed E-state index contributed by atoms with van der Waals surface area (Å²) in [4.78, 5) is 39.7. The highest BCUT2D eigenvalue weighted by molar-refractivity contribution is 7.46. The van der Waals surface area contributed by atoms with Gasteiger partial charge in [-0.1, -0.05) is 12.1 Å². The van der Waals surface area contributed by atoms with Gasteiger partial charge in [0.15, 0.2) is 0 Å². The molecule has 7 N–H and O–H groups in total. The lowest BCUT2D eigenvalue weighted by molar-refractivity contribution is -0.126. The zero-order valence-electron chi connectivity index (χ0n) is 10.9. The van der Waals surface area contributed by atoms with Gasteiger partial charge < -0.3 is 21.3 Å². The van der Waals surface area contributed by atoms with Crippen LogP contribution in [0.15, 0.2) is 24.3 Å². The van der Waals surface area contributed by atoms with Crippen LogP contribution in [0.3, 0.4) is 0 Å². The maximum atomic E-state index is 11.2. The van der Waals surface area contributed by atoms with Gasteiger partial charge in [-0.3, -0.25) is 19.4 Å². The Morgan fingerprint density at radius 3 is 2.29 bits per heavy atom. The molecule has 1 unspecified atom stereocenters. The summed E-state index contributed by atoms with van der Waals surface area (Å²) in [6, 6.07) is 4.73. The van der Waals surface area contributed by atoms with Crippen LogP contribution in [0, 0.1) is 0 Å². The largest absolute Gasteiger partial charge is 0.524 e. The summed E-state index contributed by atoms with van der Waals surface area (Å²) in [5.41, 5.74) is 10.9. The van der Waals surface area contributed by atoms with Gasteiger partial charge in [0.25, 0.3) is 0 Å². The van der Waals surface area contributed by atoms with E-state index in [9.17, 15) is 14.2 Å². The van der Waals surface area contributed by atoms with Gasteiger partial charge >= 0.3 is 7.82 Å². The first-order valence-electron chi connectivity index (χ1n) is 5.84. The smallest absolute Gasteiger partial charge is 0.404 e. The fraction of sp³-hybridized carbons (Fsp3) is 0.273. The van der Waals surface area contributed by atoms with E-state index >= 15 is 0 Å². The molecule has 10 heteroatoms. The average molecular weight is 317 g/mol. The molecule has 0 saturated heterocycles. The van der Waals surface area contributed by atoms with Crippen molar-refractivity contribution in [1.29, 1.82) is 0 Å². The standard InChI is InChI=1S/C11H16N3O6P/c12-6-10(15)14-9(11(13)16)5-7-1-3-8(4-2-7)20-21(17,18)19/h1-4,9H,5-6,12H2,(H2,13,16)(H,14,15)(H2,17,18,19). The molecule has 9 nitrogen and oxygen atoms in total. The molecule has 116 valence electrons. The first-order valence-corrected chi connectivity index (χ1v) is 7.37. The van der Waals surface area contributed by atoms with Crippen LogP contribution < -0.4 is 21.3 Å². The fourth-order valence-corrected chi connectivity index (χ4v) is 1.93. The number of carbonyl (C=O) groups excluding carboxylic acids is 2. The second-order valence-corrected chi connectivity index (χ2v) is 5.32. The quantitative estimate of drug-likeness (QED) is 0.387. The molecule has 0 bridgehead atoms. The Hall–Kier alpha value is -1.93. The second-order valence-electron chi connectivity index (χ2n) is 4.16. The Morgan fingerprint density at radius 1 is 1.29 bits per heavy atom. The number of hydrogen-bond acceptors (Lipinski definition) is 5. The van der Waals surface area contributed by atoms with Gasteiger partial charge in [-0.2, -0.15) is 0 Å². The molecule has 2 amide bonds. The Balaban J connectivity index is 2.74. The highest BCUT2D eigenvalue weighted by atomic mass is 31.2. The molecule has 0 aliphatic carbocycles. The number of phosphoric acid groups is 1. The van der Waals surface area contributed by atoms with E-state index < -0.39 is 25.7 Å². The predicted octanol–water partition coefficient (Wildman–Crippen LogP) is -1.37. The number of nitrogens with two attached hydrogens (primary N) is 2. The van der Waals surface area contributed by atoms with Crippen LogP contribution in [0.5, 0.6) is 5.75 Å². The molecule has 0 aromatic heterocycles. The summed E-state index contributed by atoms with van der Waals surface area (Å²) in [5.74, 6) is -1.25. The number of benzene rings is 1. The molecule has 0 spiro atoms. The third-order valence-electron chi connectivity index (χ3n) is 2.45. The molecule has 0 radical (unpaired) electrons. The summed E-state index contributed by atoms with van der Waals surface area (Å²) >= 11 is 0. The van der Waals surface area contributed by atoms with Crippen molar-refractivity contribution in [3.8, 4) is 5.75 Å². The molecule has 21 heavy (non-hydrogen) atoms. The molecular formula is C11H16N3O6P. The number of rotatable bonds is 7. The summed E-state index contributed by atoms with van der Waals surface area (Å²) < 4.78 is 15.0. The van der Waals surface area contributed by atoms with E-state index in [1.54, 1.807) is 0 Å². The highest BCUT2D eigenvalue weighted by Gasteiger charge is 2.19. The van der Waals surface area contributed by atoms with E-state index in [4.69, 9.17) is 21.3 Å². The number of carbonyl (C=O) groups is 2. The van der Waals surface area contributed by atoms with E-state index in [2.05, 4.69) is 9.84 Å². The van der Waals surface area contributed by atoms with Crippen LogP contribution >= 0.6 is 7.82 Å². The lowest BCUT2D eigenvalue weighted by Crippen LogP contribution is -2.47. The summed E-state index contributed by atoms with van der Waals surface area (Å²) in [6.07, 6.45) is 0.122. The molecule has 1 atom stereocenters. The lowest BCUT2D eigenvalue weighted by atomic mass is 10.1. The topological polar surface area (TPSA) is 165 Å². The number of amides is 2. The van der Waals surface area contributed by atoms with Crippen molar-refractivity contribution < 1.29 is 28.5 Å². The van der Waals surface area contributed by atoms with Gasteiger partial charge in [0, 0.05) is 6.42 Å². The van der Waals surface area contributed by atoms with Gasteiger partial charge in [0.2, 0.25) is 11.8 Å². The number of primary amides is 1. The normalized spacial score (nSPS) is 12.5. The van der Waals surface area contributed by atoms with Crippen molar-refractivity contribution in [3.05, 3.63) is 29.8 Å². The molecule has 0 fully saturated rings. The molecule has 1 aromatic rings. The predicted molar refractivity (Wildman–Crippen MR) is 73.0 cm³/mol. The first-order chi connectivity index (χ1) is 9.71. The maximum absolute atomic E-state index is 11.2. The molecular weight excluding hydrogens is 301 g/mol. The van der Waals surface area contributed by atoms with Crippen molar-refractivity contribution in [3.63, 3.8) is 0 Å². The first kappa shape index (κ1) is 17.1.